The lowest BCUT2D eigenvalue weighted by Gasteiger charge is -2.31. The summed E-state index contributed by atoms with van der Waals surface area (Å²) in [5.41, 5.74) is 4.53. The summed E-state index contributed by atoms with van der Waals surface area (Å²) in [6.07, 6.45) is 3.86. The molecule has 1 amide bonds. The molecule has 1 aromatic carbocycles. The number of amides is 1. The van der Waals surface area contributed by atoms with Crippen molar-refractivity contribution < 1.29 is 9.90 Å². The van der Waals surface area contributed by atoms with Gasteiger partial charge in [-0.2, -0.15) is 0 Å². The normalized spacial score (nSPS) is 20.6. The summed E-state index contributed by atoms with van der Waals surface area (Å²) in [6, 6.07) is 9.03. The first-order chi connectivity index (χ1) is 7.65. The lowest BCUT2D eigenvalue weighted by Crippen LogP contribution is -2.46. The lowest BCUT2D eigenvalue weighted by molar-refractivity contribution is -0.143. The number of hydrogen-bond acceptors (Lipinski definition) is 2. The van der Waals surface area contributed by atoms with Crippen LogP contribution in [0.4, 0.5) is 0 Å². The van der Waals surface area contributed by atoms with E-state index in [0.717, 1.165) is 25.7 Å². The molecule has 0 bridgehead atoms. The fourth-order valence-corrected chi connectivity index (χ4v) is 2.61. The third-order valence-corrected chi connectivity index (χ3v) is 3.54. The molecule has 1 aromatic rings. The van der Waals surface area contributed by atoms with Crippen LogP contribution in [0, 0.1) is 5.92 Å². The molecule has 3 nitrogen and oxygen atoms in total. The molecule has 3 heteroatoms. The van der Waals surface area contributed by atoms with Crippen LogP contribution in [-0.2, 0) is 10.4 Å². The van der Waals surface area contributed by atoms with Gasteiger partial charge in [0, 0.05) is 5.92 Å². The van der Waals surface area contributed by atoms with E-state index in [-0.39, 0.29) is 5.92 Å². The molecule has 0 heterocycles. The van der Waals surface area contributed by atoms with E-state index >= 15 is 0 Å². The summed E-state index contributed by atoms with van der Waals surface area (Å²) >= 11 is 0. The first-order valence-electron chi connectivity index (χ1n) is 5.73. The Kier molecular flexibility index (Phi) is 2.97. The van der Waals surface area contributed by atoms with E-state index in [1.165, 1.54) is 0 Å². The van der Waals surface area contributed by atoms with Crippen LogP contribution >= 0.6 is 0 Å². The largest absolute Gasteiger partial charge is 0.375 e. The van der Waals surface area contributed by atoms with E-state index in [0.29, 0.717) is 5.56 Å². The summed E-state index contributed by atoms with van der Waals surface area (Å²) in [5.74, 6) is -0.669. The van der Waals surface area contributed by atoms with Gasteiger partial charge in [0.25, 0.3) is 5.91 Å². The lowest BCUT2D eigenvalue weighted by atomic mass is 9.79. The molecule has 0 spiro atoms. The maximum atomic E-state index is 11.6. The number of hydrogen-bond donors (Lipinski definition) is 2. The van der Waals surface area contributed by atoms with E-state index in [1.807, 2.05) is 18.2 Å². The molecule has 1 saturated carbocycles. The van der Waals surface area contributed by atoms with Gasteiger partial charge in [0.05, 0.1) is 0 Å². The zero-order chi connectivity index (χ0) is 11.6. The van der Waals surface area contributed by atoms with Crippen LogP contribution in [0.5, 0.6) is 0 Å². The number of carbonyl (C=O) groups is 1. The summed E-state index contributed by atoms with van der Waals surface area (Å²) < 4.78 is 0. The van der Waals surface area contributed by atoms with Crippen LogP contribution in [0.25, 0.3) is 0 Å². The fraction of sp³-hybridized carbons (Fsp3) is 0.462. The predicted octanol–water partition coefficient (Wildman–Crippen LogP) is 1.55. The highest BCUT2D eigenvalue weighted by atomic mass is 16.3. The molecule has 0 aliphatic heterocycles. The molecule has 0 radical (unpaired) electrons. The Morgan fingerprint density at radius 2 is 1.81 bits per heavy atom. The monoisotopic (exact) mass is 219 g/mol. The molecule has 2 rings (SSSR count). The van der Waals surface area contributed by atoms with E-state index < -0.39 is 11.5 Å². The Balaban J connectivity index is 2.39. The minimum atomic E-state index is -1.49. The smallest absolute Gasteiger partial charge is 0.254 e. The highest BCUT2D eigenvalue weighted by molar-refractivity contribution is 5.85. The number of nitrogens with two attached hydrogens (primary N) is 1. The van der Waals surface area contributed by atoms with Gasteiger partial charge in [-0.05, 0) is 18.4 Å². The Morgan fingerprint density at radius 3 is 2.31 bits per heavy atom. The van der Waals surface area contributed by atoms with Crippen LogP contribution in [0.15, 0.2) is 30.3 Å². The molecule has 0 aromatic heterocycles. The second kappa shape index (κ2) is 4.26. The van der Waals surface area contributed by atoms with Crippen molar-refractivity contribution in [3.8, 4) is 0 Å². The predicted molar refractivity (Wildman–Crippen MR) is 61.5 cm³/mol. The number of aliphatic hydroxyl groups is 1. The SMILES string of the molecule is NC(=O)C(O)(c1ccccc1)C1CCCC1. The van der Waals surface area contributed by atoms with Crippen molar-refractivity contribution in [1.29, 1.82) is 0 Å². The van der Waals surface area contributed by atoms with Crippen molar-refractivity contribution in [3.63, 3.8) is 0 Å². The van der Waals surface area contributed by atoms with Crippen molar-refractivity contribution in [2.24, 2.45) is 11.7 Å². The van der Waals surface area contributed by atoms with Crippen LogP contribution in [0.2, 0.25) is 0 Å². The van der Waals surface area contributed by atoms with Gasteiger partial charge in [-0.3, -0.25) is 4.79 Å². The molecular weight excluding hydrogens is 202 g/mol. The summed E-state index contributed by atoms with van der Waals surface area (Å²) in [6.45, 7) is 0. The Bertz CT molecular complexity index is 371. The van der Waals surface area contributed by atoms with Crippen LogP contribution in [0.3, 0.4) is 0 Å². The zero-order valence-corrected chi connectivity index (χ0v) is 9.23. The first-order valence-corrected chi connectivity index (χ1v) is 5.73. The maximum Gasteiger partial charge on any atom is 0.254 e. The van der Waals surface area contributed by atoms with Crippen molar-refractivity contribution in [1.82, 2.24) is 0 Å². The third kappa shape index (κ3) is 1.71. The van der Waals surface area contributed by atoms with E-state index in [2.05, 4.69) is 0 Å². The topological polar surface area (TPSA) is 63.3 Å². The van der Waals surface area contributed by atoms with Crippen LogP contribution < -0.4 is 5.73 Å². The molecule has 1 aliphatic carbocycles. The van der Waals surface area contributed by atoms with E-state index in [1.54, 1.807) is 12.1 Å². The van der Waals surface area contributed by atoms with Gasteiger partial charge < -0.3 is 10.8 Å². The Hall–Kier alpha value is -1.35. The molecule has 3 N–H and O–H groups in total. The van der Waals surface area contributed by atoms with Crippen LogP contribution in [-0.4, -0.2) is 11.0 Å². The van der Waals surface area contributed by atoms with Gasteiger partial charge in [-0.15, -0.1) is 0 Å². The standard InChI is InChI=1S/C13H17NO2/c14-12(15)13(16,11-8-4-5-9-11)10-6-2-1-3-7-10/h1-3,6-7,11,16H,4-5,8-9H2,(H2,14,15). The van der Waals surface area contributed by atoms with Gasteiger partial charge in [0.1, 0.15) is 0 Å². The minimum absolute atomic E-state index is 0.0348. The number of benzene rings is 1. The third-order valence-electron chi connectivity index (χ3n) is 3.54. The molecule has 1 unspecified atom stereocenters. The van der Waals surface area contributed by atoms with E-state index in [9.17, 15) is 9.90 Å². The average molecular weight is 219 g/mol. The maximum absolute atomic E-state index is 11.6. The van der Waals surface area contributed by atoms with Gasteiger partial charge in [0.2, 0.25) is 0 Å². The van der Waals surface area contributed by atoms with Crippen LogP contribution in [0.1, 0.15) is 31.2 Å². The van der Waals surface area contributed by atoms with Crippen molar-refractivity contribution in [3.05, 3.63) is 35.9 Å². The van der Waals surface area contributed by atoms with Gasteiger partial charge in [-0.1, -0.05) is 43.2 Å². The summed E-state index contributed by atoms with van der Waals surface area (Å²) in [5, 5.41) is 10.6. The zero-order valence-electron chi connectivity index (χ0n) is 9.23. The molecule has 1 fully saturated rings. The summed E-state index contributed by atoms with van der Waals surface area (Å²) in [7, 11) is 0. The Morgan fingerprint density at radius 1 is 1.25 bits per heavy atom. The molecule has 0 saturated heterocycles. The summed E-state index contributed by atoms with van der Waals surface area (Å²) in [4.78, 5) is 11.6. The molecule has 1 aliphatic rings. The average Bonchev–Trinajstić information content (AvgIpc) is 2.82. The number of primary amides is 1. The van der Waals surface area contributed by atoms with Crippen molar-refractivity contribution in [2.45, 2.75) is 31.3 Å². The second-order valence-corrected chi connectivity index (χ2v) is 4.48. The highest BCUT2D eigenvalue weighted by Crippen LogP contribution is 2.40. The molecule has 86 valence electrons. The number of rotatable bonds is 3. The number of carbonyl (C=O) groups excluding carboxylic acids is 1. The second-order valence-electron chi connectivity index (χ2n) is 4.48. The Labute approximate surface area is 95.3 Å². The molecular formula is C13H17NO2. The minimum Gasteiger partial charge on any atom is -0.375 e. The van der Waals surface area contributed by atoms with Gasteiger partial charge in [-0.25, -0.2) is 0 Å². The first kappa shape index (κ1) is 11.1. The quantitative estimate of drug-likeness (QED) is 0.810. The van der Waals surface area contributed by atoms with Crippen molar-refractivity contribution in [2.75, 3.05) is 0 Å². The van der Waals surface area contributed by atoms with Crippen molar-refractivity contribution >= 4 is 5.91 Å². The molecule has 16 heavy (non-hydrogen) atoms. The van der Waals surface area contributed by atoms with E-state index in [4.69, 9.17) is 5.73 Å². The van der Waals surface area contributed by atoms with Gasteiger partial charge >= 0.3 is 0 Å². The van der Waals surface area contributed by atoms with Gasteiger partial charge in [0.15, 0.2) is 5.60 Å². The molecule has 1 atom stereocenters. The fourth-order valence-electron chi connectivity index (χ4n) is 2.61. The highest BCUT2D eigenvalue weighted by Gasteiger charge is 2.44.